The fraction of sp³-hybridized carbons (Fsp3) is 0.300. The highest BCUT2D eigenvalue weighted by Crippen LogP contribution is 2.22. The van der Waals surface area contributed by atoms with E-state index in [9.17, 15) is 4.79 Å². The van der Waals surface area contributed by atoms with E-state index in [4.69, 9.17) is 16.3 Å². The Bertz CT molecular complexity index is 762. The molecular formula is C20H23ClN2O2. The molecule has 2 aromatic rings. The van der Waals surface area contributed by atoms with Crippen molar-refractivity contribution in [2.75, 3.05) is 6.61 Å². The molecule has 4 nitrogen and oxygen atoms in total. The Balaban J connectivity index is 1.90. The molecular weight excluding hydrogens is 336 g/mol. The van der Waals surface area contributed by atoms with Crippen molar-refractivity contribution in [2.45, 2.75) is 33.1 Å². The first-order valence-corrected chi connectivity index (χ1v) is 8.46. The molecule has 132 valence electrons. The number of halogens is 1. The summed E-state index contributed by atoms with van der Waals surface area (Å²) < 4.78 is 5.37. The van der Waals surface area contributed by atoms with Crippen LogP contribution in [0.4, 0.5) is 0 Å². The number of hydrogen-bond donors (Lipinski definition) is 1. The van der Waals surface area contributed by atoms with Crippen molar-refractivity contribution >= 4 is 23.2 Å². The van der Waals surface area contributed by atoms with Crippen LogP contribution in [0.1, 0.15) is 38.8 Å². The molecule has 0 heterocycles. The minimum Gasteiger partial charge on any atom is -0.484 e. The second kappa shape index (κ2) is 8.17. The molecule has 0 aliphatic heterocycles. The summed E-state index contributed by atoms with van der Waals surface area (Å²) in [6, 6.07) is 15.1. The molecule has 2 rings (SSSR count). The first kappa shape index (κ1) is 19.0. The molecule has 0 fully saturated rings. The quantitative estimate of drug-likeness (QED) is 0.629. The summed E-state index contributed by atoms with van der Waals surface area (Å²) in [4.78, 5) is 11.8. The van der Waals surface area contributed by atoms with Gasteiger partial charge in [-0.1, -0.05) is 62.7 Å². The van der Waals surface area contributed by atoms with Crippen LogP contribution in [-0.2, 0) is 10.2 Å². The van der Waals surface area contributed by atoms with E-state index in [2.05, 4.69) is 43.4 Å². The number of benzene rings is 2. The number of hydrogen-bond acceptors (Lipinski definition) is 3. The maximum absolute atomic E-state index is 11.8. The second-order valence-corrected chi connectivity index (χ2v) is 7.24. The number of hydrazone groups is 1. The van der Waals surface area contributed by atoms with Crippen molar-refractivity contribution in [1.82, 2.24) is 5.43 Å². The second-order valence-electron chi connectivity index (χ2n) is 6.81. The molecule has 25 heavy (non-hydrogen) atoms. The lowest BCUT2D eigenvalue weighted by molar-refractivity contribution is -0.123. The number of carbonyl (C=O) groups excluding carboxylic acids is 1. The van der Waals surface area contributed by atoms with E-state index in [1.165, 1.54) is 5.56 Å². The standard InChI is InChI=1S/C20H23ClN2O2/c1-14(15-8-10-16(11-9-15)20(2,3)4)22-23-19(24)13-25-18-7-5-6-17(21)12-18/h5-12H,13H2,1-4H3,(H,23,24)/b22-14-. The van der Waals surface area contributed by atoms with Crippen LogP contribution in [-0.4, -0.2) is 18.2 Å². The zero-order valence-corrected chi connectivity index (χ0v) is 15.7. The SMILES string of the molecule is C/C(=N/NC(=O)COc1cccc(Cl)c1)c1ccc(C(C)(C)C)cc1. The fourth-order valence-corrected chi connectivity index (χ4v) is 2.34. The van der Waals surface area contributed by atoms with Gasteiger partial charge in [-0.25, -0.2) is 5.43 Å². The summed E-state index contributed by atoms with van der Waals surface area (Å²) in [6.45, 7) is 8.24. The average Bonchev–Trinajstić information content (AvgIpc) is 2.57. The molecule has 0 aliphatic rings. The summed E-state index contributed by atoms with van der Waals surface area (Å²) in [5, 5.41) is 4.69. The van der Waals surface area contributed by atoms with Gasteiger partial charge < -0.3 is 4.74 Å². The first-order chi connectivity index (χ1) is 11.8. The summed E-state index contributed by atoms with van der Waals surface area (Å²) in [7, 11) is 0. The molecule has 0 aromatic heterocycles. The van der Waals surface area contributed by atoms with E-state index in [0.717, 1.165) is 11.3 Å². The molecule has 0 bridgehead atoms. The number of nitrogens with one attached hydrogen (secondary N) is 1. The Labute approximate surface area is 153 Å². The molecule has 0 atom stereocenters. The normalized spacial score (nSPS) is 12.0. The van der Waals surface area contributed by atoms with Crippen molar-refractivity contribution in [3.8, 4) is 5.75 Å². The van der Waals surface area contributed by atoms with Gasteiger partial charge in [-0.05, 0) is 41.7 Å². The highest BCUT2D eigenvalue weighted by Gasteiger charge is 2.13. The van der Waals surface area contributed by atoms with Crippen LogP contribution in [0.3, 0.4) is 0 Å². The van der Waals surface area contributed by atoms with Crippen LogP contribution in [0.15, 0.2) is 53.6 Å². The van der Waals surface area contributed by atoms with Gasteiger partial charge in [0.2, 0.25) is 0 Å². The zero-order chi connectivity index (χ0) is 18.4. The minimum atomic E-state index is -0.328. The van der Waals surface area contributed by atoms with E-state index in [0.29, 0.717) is 10.8 Å². The number of carbonyl (C=O) groups is 1. The number of amides is 1. The average molecular weight is 359 g/mol. The van der Waals surface area contributed by atoms with Crippen molar-refractivity contribution in [2.24, 2.45) is 5.10 Å². The fourth-order valence-electron chi connectivity index (χ4n) is 2.16. The Morgan fingerprint density at radius 1 is 1.16 bits per heavy atom. The number of rotatable bonds is 5. The summed E-state index contributed by atoms with van der Waals surface area (Å²) >= 11 is 5.87. The van der Waals surface area contributed by atoms with Crippen molar-refractivity contribution < 1.29 is 9.53 Å². The number of nitrogens with zero attached hydrogens (tertiary/aromatic N) is 1. The molecule has 0 saturated carbocycles. The Morgan fingerprint density at radius 3 is 2.44 bits per heavy atom. The first-order valence-electron chi connectivity index (χ1n) is 8.08. The predicted molar refractivity (Wildman–Crippen MR) is 102 cm³/mol. The smallest absolute Gasteiger partial charge is 0.277 e. The van der Waals surface area contributed by atoms with Gasteiger partial charge in [-0.3, -0.25) is 4.79 Å². The van der Waals surface area contributed by atoms with E-state index in [1.807, 2.05) is 19.1 Å². The van der Waals surface area contributed by atoms with Gasteiger partial charge in [-0.2, -0.15) is 5.10 Å². The van der Waals surface area contributed by atoms with Crippen LogP contribution >= 0.6 is 11.6 Å². The molecule has 0 aliphatic carbocycles. The highest BCUT2D eigenvalue weighted by molar-refractivity contribution is 6.30. The van der Waals surface area contributed by atoms with Crippen LogP contribution in [0.25, 0.3) is 0 Å². The Morgan fingerprint density at radius 2 is 1.84 bits per heavy atom. The maximum Gasteiger partial charge on any atom is 0.277 e. The summed E-state index contributed by atoms with van der Waals surface area (Å²) in [5.74, 6) is 0.215. The van der Waals surface area contributed by atoms with Gasteiger partial charge in [0.1, 0.15) is 5.75 Å². The van der Waals surface area contributed by atoms with Crippen LogP contribution < -0.4 is 10.2 Å². The minimum absolute atomic E-state index is 0.107. The lowest BCUT2D eigenvalue weighted by atomic mass is 9.86. The molecule has 0 saturated heterocycles. The van der Waals surface area contributed by atoms with Crippen LogP contribution in [0.5, 0.6) is 5.75 Å². The molecule has 5 heteroatoms. The molecule has 0 unspecified atom stereocenters. The van der Waals surface area contributed by atoms with Gasteiger partial charge in [0.25, 0.3) is 5.91 Å². The number of ether oxygens (including phenoxy) is 1. The lowest BCUT2D eigenvalue weighted by Gasteiger charge is -2.19. The molecule has 1 N–H and O–H groups in total. The van der Waals surface area contributed by atoms with Gasteiger partial charge in [0.15, 0.2) is 6.61 Å². The molecule has 0 radical (unpaired) electrons. The van der Waals surface area contributed by atoms with Crippen LogP contribution in [0.2, 0.25) is 5.02 Å². The van der Waals surface area contributed by atoms with Crippen LogP contribution in [0, 0.1) is 0 Å². The Kier molecular flexibility index (Phi) is 6.21. The molecule has 0 spiro atoms. The van der Waals surface area contributed by atoms with E-state index < -0.39 is 0 Å². The molecule has 2 aromatic carbocycles. The third-order valence-corrected chi connectivity index (χ3v) is 3.92. The zero-order valence-electron chi connectivity index (χ0n) is 15.0. The molecule has 1 amide bonds. The monoisotopic (exact) mass is 358 g/mol. The van der Waals surface area contributed by atoms with E-state index in [1.54, 1.807) is 24.3 Å². The lowest BCUT2D eigenvalue weighted by Crippen LogP contribution is -2.25. The highest BCUT2D eigenvalue weighted by atomic mass is 35.5. The Hall–Kier alpha value is -2.33. The third kappa shape index (κ3) is 5.91. The van der Waals surface area contributed by atoms with Gasteiger partial charge in [-0.15, -0.1) is 0 Å². The van der Waals surface area contributed by atoms with E-state index >= 15 is 0 Å². The van der Waals surface area contributed by atoms with Gasteiger partial charge in [0.05, 0.1) is 5.71 Å². The van der Waals surface area contributed by atoms with Crippen molar-refractivity contribution in [1.29, 1.82) is 0 Å². The maximum atomic E-state index is 11.8. The van der Waals surface area contributed by atoms with Gasteiger partial charge in [0, 0.05) is 5.02 Å². The van der Waals surface area contributed by atoms with Crippen molar-refractivity contribution in [3.05, 3.63) is 64.7 Å². The van der Waals surface area contributed by atoms with Crippen molar-refractivity contribution in [3.63, 3.8) is 0 Å². The van der Waals surface area contributed by atoms with Gasteiger partial charge >= 0.3 is 0 Å². The summed E-state index contributed by atoms with van der Waals surface area (Å²) in [5.41, 5.74) is 5.56. The topological polar surface area (TPSA) is 50.7 Å². The predicted octanol–water partition coefficient (Wildman–Crippen LogP) is 4.56. The third-order valence-electron chi connectivity index (χ3n) is 3.68. The van der Waals surface area contributed by atoms with E-state index in [-0.39, 0.29) is 17.9 Å². The summed E-state index contributed by atoms with van der Waals surface area (Å²) in [6.07, 6.45) is 0. The largest absolute Gasteiger partial charge is 0.484 e.